The lowest BCUT2D eigenvalue weighted by atomic mass is 10.4. The first-order valence-corrected chi connectivity index (χ1v) is 5.15. The quantitative estimate of drug-likeness (QED) is 0.758. The van der Waals surface area contributed by atoms with E-state index in [0.717, 1.165) is 5.69 Å². The molecule has 0 aliphatic carbocycles. The van der Waals surface area contributed by atoms with Crippen molar-refractivity contribution < 1.29 is 13.9 Å². The van der Waals surface area contributed by atoms with E-state index in [2.05, 4.69) is 20.3 Å². The molecule has 0 radical (unpaired) electrons. The van der Waals surface area contributed by atoms with Crippen LogP contribution in [0.2, 0.25) is 0 Å². The van der Waals surface area contributed by atoms with Crippen molar-refractivity contribution in [3.8, 4) is 0 Å². The van der Waals surface area contributed by atoms with E-state index in [1.165, 1.54) is 7.11 Å². The SMILES string of the molecule is COC(=O)c1ccc(CNCc2ccn[nH]2)o1. The lowest BCUT2D eigenvalue weighted by Gasteiger charge is -1.99. The second-order valence-corrected chi connectivity index (χ2v) is 3.44. The first-order valence-electron chi connectivity index (χ1n) is 5.15. The third-order valence-corrected chi connectivity index (χ3v) is 2.22. The van der Waals surface area contributed by atoms with Crippen molar-refractivity contribution in [2.45, 2.75) is 13.1 Å². The Morgan fingerprint density at radius 2 is 2.35 bits per heavy atom. The molecule has 0 fully saturated rings. The molecule has 0 saturated heterocycles. The summed E-state index contributed by atoms with van der Waals surface area (Å²) in [5, 5.41) is 9.83. The van der Waals surface area contributed by atoms with Crippen molar-refractivity contribution in [1.29, 1.82) is 0 Å². The Kier molecular flexibility index (Phi) is 3.56. The molecule has 90 valence electrons. The number of esters is 1. The molecule has 0 spiro atoms. The lowest BCUT2D eigenvalue weighted by molar-refractivity contribution is 0.0563. The van der Waals surface area contributed by atoms with Crippen molar-refractivity contribution in [2.24, 2.45) is 0 Å². The number of rotatable bonds is 5. The number of furan rings is 1. The predicted octanol–water partition coefficient (Wildman–Crippen LogP) is 1.08. The van der Waals surface area contributed by atoms with Crippen LogP contribution in [-0.4, -0.2) is 23.3 Å². The van der Waals surface area contributed by atoms with Gasteiger partial charge in [0.05, 0.1) is 13.7 Å². The van der Waals surface area contributed by atoms with Gasteiger partial charge in [-0.1, -0.05) is 0 Å². The van der Waals surface area contributed by atoms with E-state index in [0.29, 0.717) is 18.8 Å². The Hall–Kier alpha value is -2.08. The average molecular weight is 235 g/mol. The molecule has 0 unspecified atom stereocenters. The summed E-state index contributed by atoms with van der Waals surface area (Å²) in [4.78, 5) is 11.1. The molecule has 2 aromatic heterocycles. The highest BCUT2D eigenvalue weighted by Crippen LogP contribution is 2.08. The van der Waals surface area contributed by atoms with Crippen LogP contribution in [0.4, 0.5) is 0 Å². The smallest absolute Gasteiger partial charge is 0.373 e. The van der Waals surface area contributed by atoms with Crippen molar-refractivity contribution in [3.05, 3.63) is 41.6 Å². The Balaban J connectivity index is 1.83. The first-order chi connectivity index (χ1) is 8.29. The number of carbonyl (C=O) groups excluding carboxylic acids is 1. The van der Waals surface area contributed by atoms with Gasteiger partial charge in [-0.2, -0.15) is 5.10 Å². The molecule has 0 aliphatic rings. The number of H-pyrrole nitrogens is 1. The monoisotopic (exact) mass is 235 g/mol. The summed E-state index contributed by atoms with van der Waals surface area (Å²) >= 11 is 0. The van der Waals surface area contributed by atoms with Crippen LogP contribution in [0, 0.1) is 0 Å². The standard InChI is InChI=1S/C11H13N3O3/c1-16-11(15)10-3-2-9(17-10)7-12-6-8-4-5-13-14-8/h2-5,12H,6-7H2,1H3,(H,13,14). The molecule has 2 N–H and O–H groups in total. The van der Waals surface area contributed by atoms with Gasteiger partial charge in [0.1, 0.15) is 5.76 Å². The fourth-order valence-corrected chi connectivity index (χ4v) is 1.39. The molecular formula is C11H13N3O3. The molecule has 2 heterocycles. The maximum Gasteiger partial charge on any atom is 0.373 e. The van der Waals surface area contributed by atoms with Gasteiger partial charge in [0.15, 0.2) is 0 Å². The number of nitrogens with one attached hydrogen (secondary N) is 2. The minimum atomic E-state index is -0.468. The molecule has 0 atom stereocenters. The Labute approximate surface area is 98.0 Å². The van der Waals surface area contributed by atoms with Crippen molar-refractivity contribution >= 4 is 5.97 Å². The van der Waals surface area contributed by atoms with E-state index < -0.39 is 5.97 Å². The number of methoxy groups -OCH3 is 1. The molecule has 2 rings (SSSR count). The van der Waals surface area contributed by atoms with E-state index in [1.54, 1.807) is 18.3 Å². The van der Waals surface area contributed by atoms with Gasteiger partial charge in [0.25, 0.3) is 0 Å². The number of hydrogen-bond acceptors (Lipinski definition) is 5. The molecule has 0 saturated carbocycles. The summed E-state index contributed by atoms with van der Waals surface area (Å²) in [7, 11) is 1.32. The summed E-state index contributed by atoms with van der Waals surface area (Å²) in [5.41, 5.74) is 0.991. The van der Waals surface area contributed by atoms with Gasteiger partial charge in [0.2, 0.25) is 5.76 Å². The topological polar surface area (TPSA) is 80.1 Å². The van der Waals surface area contributed by atoms with Gasteiger partial charge >= 0.3 is 5.97 Å². The van der Waals surface area contributed by atoms with Crippen molar-refractivity contribution in [3.63, 3.8) is 0 Å². The van der Waals surface area contributed by atoms with Crippen LogP contribution in [0.15, 0.2) is 28.8 Å². The second kappa shape index (κ2) is 5.31. The second-order valence-electron chi connectivity index (χ2n) is 3.44. The summed E-state index contributed by atoms with van der Waals surface area (Å²) in [6.07, 6.45) is 1.69. The zero-order valence-corrected chi connectivity index (χ0v) is 9.40. The summed E-state index contributed by atoms with van der Waals surface area (Å²) < 4.78 is 9.84. The number of ether oxygens (including phenoxy) is 1. The van der Waals surface area contributed by atoms with E-state index in [9.17, 15) is 4.79 Å². The van der Waals surface area contributed by atoms with Crippen LogP contribution in [0.5, 0.6) is 0 Å². The molecule has 2 aromatic rings. The molecule has 0 aliphatic heterocycles. The summed E-state index contributed by atoms with van der Waals surface area (Å²) in [6.45, 7) is 1.20. The van der Waals surface area contributed by atoms with Crippen LogP contribution in [0.1, 0.15) is 22.0 Å². The number of nitrogens with zero attached hydrogens (tertiary/aromatic N) is 1. The van der Waals surface area contributed by atoms with Crippen LogP contribution in [0.3, 0.4) is 0 Å². The zero-order valence-electron chi connectivity index (χ0n) is 9.40. The van der Waals surface area contributed by atoms with Crippen molar-refractivity contribution in [2.75, 3.05) is 7.11 Å². The van der Waals surface area contributed by atoms with Crippen LogP contribution in [0.25, 0.3) is 0 Å². The maximum atomic E-state index is 11.1. The van der Waals surface area contributed by atoms with E-state index in [4.69, 9.17) is 4.42 Å². The molecule has 0 amide bonds. The fraction of sp³-hybridized carbons (Fsp3) is 0.273. The Bertz CT molecular complexity index is 476. The van der Waals surface area contributed by atoms with Gasteiger partial charge in [-0.25, -0.2) is 4.79 Å². The number of aromatic nitrogens is 2. The third kappa shape index (κ3) is 2.94. The van der Waals surface area contributed by atoms with Gasteiger partial charge in [-0.3, -0.25) is 5.10 Å². The van der Waals surface area contributed by atoms with E-state index in [1.807, 2.05) is 6.07 Å². The Morgan fingerprint density at radius 1 is 1.47 bits per heavy atom. The van der Waals surface area contributed by atoms with Crippen LogP contribution >= 0.6 is 0 Å². The normalized spacial score (nSPS) is 10.4. The average Bonchev–Trinajstić information content (AvgIpc) is 2.99. The van der Waals surface area contributed by atoms with Crippen LogP contribution < -0.4 is 5.32 Å². The minimum Gasteiger partial charge on any atom is -0.463 e. The fourth-order valence-electron chi connectivity index (χ4n) is 1.39. The molecule has 0 bridgehead atoms. The molecule has 6 heteroatoms. The first kappa shape index (κ1) is 11.4. The highest BCUT2D eigenvalue weighted by Gasteiger charge is 2.10. The lowest BCUT2D eigenvalue weighted by Crippen LogP contribution is -2.12. The highest BCUT2D eigenvalue weighted by molar-refractivity contribution is 5.86. The molecular weight excluding hydrogens is 222 g/mol. The van der Waals surface area contributed by atoms with Crippen molar-refractivity contribution in [1.82, 2.24) is 15.5 Å². The summed E-state index contributed by atoms with van der Waals surface area (Å²) in [6, 6.07) is 5.22. The minimum absolute atomic E-state index is 0.214. The van der Waals surface area contributed by atoms with E-state index in [-0.39, 0.29) is 5.76 Å². The van der Waals surface area contributed by atoms with E-state index >= 15 is 0 Å². The van der Waals surface area contributed by atoms with Gasteiger partial charge in [-0.15, -0.1) is 0 Å². The molecule has 17 heavy (non-hydrogen) atoms. The molecule has 0 aromatic carbocycles. The summed E-state index contributed by atoms with van der Waals surface area (Å²) in [5.74, 6) is 0.431. The third-order valence-electron chi connectivity index (χ3n) is 2.22. The predicted molar refractivity (Wildman–Crippen MR) is 59.2 cm³/mol. The number of hydrogen-bond donors (Lipinski definition) is 2. The van der Waals surface area contributed by atoms with Crippen LogP contribution in [-0.2, 0) is 17.8 Å². The largest absolute Gasteiger partial charge is 0.463 e. The van der Waals surface area contributed by atoms with Gasteiger partial charge in [0, 0.05) is 18.4 Å². The molecule has 6 nitrogen and oxygen atoms in total. The van der Waals surface area contributed by atoms with Gasteiger partial charge < -0.3 is 14.5 Å². The Morgan fingerprint density at radius 3 is 3.06 bits per heavy atom. The van der Waals surface area contributed by atoms with Gasteiger partial charge in [-0.05, 0) is 18.2 Å². The number of carbonyl (C=O) groups is 1. The maximum absolute atomic E-state index is 11.1. The number of aromatic amines is 1. The highest BCUT2D eigenvalue weighted by atomic mass is 16.5. The zero-order chi connectivity index (χ0) is 12.1.